The Bertz CT molecular complexity index is 688. The number of carbonyl (C=O) groups is 1. The summed E-state index contributed by atoms with van der Waals surface area (Å²) in [7, 11) is 0. The first-order valence-electron chi connectivity index (χ1n) is 5.04. The molecule has 0 bridgehead atoms. The molecule has 20 heavy (non-hydrogen) atoms. The van der Waals surface area contributed by atoms with Crippen molar-refractivity contribution in [3.05, 3.63) is 47.0 Å². The third kappa shape index (κ3) is 1.98. The van der Waals surface area contributed by atoms with Crippen molar-refractivity contribution in [1.82, 2.24) is 4.98 Å². The Balaban J connectivity index is 2.76. The largest absolute Gasteiger partial charge is 0.506 e. The van der Waals surface area contributed by atoms with Crippen molar-refractivity contribution in [2.75, 3.05) is 0 Å². The van der Waals surface area contributed by atoms with Gasteiger partial charge in [-0.15, -0.1) is 0 Å². The summed E-state index contributed by atoms with van der Waals surface area (Å²) in [6.07, 6.45) is 0.874. The van der Waals surface area contributed by atoms with Crippen LogP contribution in [0, 0.1) is 29.1 Å². The Morgan fingerprint density at radius 1 is 0.950 bits per heavy atom. The number of hydrogen-bond donors (Lipinski definition) is 1. The van der Waals surface area contributed by atoms with Gasteiger partial charge in [-0.3, -0.25) is 4.79 Å². The highest BCUT2D eigenvalue weighted by atomic mass is 19.2. The van der Waals surface area contributed by atoms with E-state index >= 15 is 0 Å². The predicted molar refractivity (Wildman–Crippen MR) is 56.5 cm³/mol. The van der Waals surface area contributed by atoms with Gasteiger partial charge in [0.1, 0.15) is 11.4 Å². The average Bonchev–Trinajstić information content (AvgIpc) is 2.43. The number of aromatic nitrogens is 1. The maximum Gasteiger partial charge on any atom is 0.200 e. The first-order chi connectivity index (χ1) is 9.38. The van der Waals surface area contributed by atoms with Crippen molar-refractivity contribution in [2.24, 2.45) is 0 Å². The molecular weight excluding hydrogens is 285 g/mol. The van der Waals surface area contributed by atoms with E-state index in [0.29, 0.717) is 12.3 Å². The number of carbonyl (C=O) groups excluding carboxylic acids is 1. The average molecular weight is 289 g/mol. The van der Waals surface area contributed by atoms with E-state index in [1.807, 2.05) is 0 Å². The molecule has 0 aliphatic carbocycles. The molecule has 0 amide bonds. The normalized spacial score (nSPS) is 10.7. The highest BCUT2D eigenvalue weighted by molar-refractivity contribution is 5.78. The van der Waals surface area contributed by atoms with Crippen LogP contribution in [0.1, 0.15) is 10.5 Å². The van der Waals surface area contributed by atoms with Crippen molar-refractivity contribution in [3.8, 4) is 16.9 Å². The standard InChI is InChI=1S/C12H4F5NO2/c13-8-7(9(14)11(16)12(17)10(8)15)4-1-6(20)5(3-19)18-2-4/h1-3,20H. The number of nitrogens with zero attached hydrogens (tertiary/aromatic N) is 1. The molecule has 104 valence electrons. The summed E-state index contributed by atoms with van der Waals surface area (Å²) >= 11 is 0. The van der Waals surface area contributed by atoms with Crippen molar-refractivity contribution in [1.29, 1.82) is 0 Å². The van der Waals surface area contributed by atoms with Crippen LogP contribution >= 0.6 is 0 Å². The molecule has 8 heteroatoms. The van der Waals surface area contributed by atoms with E-state index in [1.165, 1.54) is 0 Å². The van der Waals surface area contributed by atoms with Crippen molar-refractivity contribution < 1.29 is 31.9 Å². The van der Waals surface area contributed by atoms with E-state index in [-0.39, 0.29) is 6.29 Å². The first-order valence-corrected chi connectivity index (χ1v) is 5.04. The molecule has 0 unspecified atom stereocenters. The summed E-state index contributed by atoms with van der Waals surface area (Å²) < 4.78 is 65.9. The molecule has 0 saturated heterocycles. The van der Waals surface area contributed by atoms with Crippen LogP contribution in [-0.4, -0.2) is 16.4 Å². The molecule has 2 rings (SSSR count). The fourth-order valence-corrected chi connectivity index (χ4v) is 1.55. The van der Waals surface area contributed by atoms with Gasteiger partial charge in [-0.1, -0.05) is 0 Å². The highest BCUT2D eigenvalue weighted by Gasteiger charge is 2.27. The molecule has 1 aromatic heterocycles. The molecule has 0 saturated carbocycles. The van der Waals surface area contributed by atoms with Gasteiger partial charge in [0.25, 0.3) is 0 Å². The van der Waals surface area contributed by atoms with Crippen LogP contribution in [0.4, 0.5) is 22.0 Å². The smallest absolute Gasteiger partial charge is 0.200 e. The molecule has 0 radical (unpaired) electrons. The molecule has 0 fully saturated rings. The minimum absolute atomic E-state index is 0.164. The zero-order chi connectivity index (χ0) is 15.0. The molecule has 0 atom stereocenters. The predicted octanol–water partition coefficient (Wildman–Crippen LogP) is 2.96. The number of aromatic hydroxyl groups is 1. The van der Waals surface area contributed by atoms with E-state index in [1.54, 1.807) is 0 Å². The molecule has 0 aliphatic heterocycles. The van der Waals surface area contributed by atoms with Gasteiger partial charge in [0.2, 0.25) is 5.82 Å². The SMILES string of the molecule is O=Cc1ncc(-c2c(F)c(F)c(F)c(F)c2F)cc1O. The lowest BCUT2D eigenvalue weighted by Gasteiger charge is -2.08. The van der Waals surface area contributed by atoms with Gasteiger partial charge >= 0.3 is 0 Å². The van der Waals surface area contributed by atoms with Gasteiger partial charge in [-0.2, -0.15) is 0 Å². The van der Waals surface area contributed by atoms with Crippen LogP contribution in [0.2, 0.25) is 0 Å². The Morgan fingerprint density at radius 2 is 1.45 bits per heavy atom. The molecule has 2 aromatic rings. The van der Waals surface area contributed by atoms with E-state index in [0.717, 1.165) is 0 Å². The van der Waals surface area contributed by atoms with Gasteiger partial charge in [0.05, 0.1) is 5.56 Å². The molecule has 0 spiro atoms. The summed E-state index contributed by atoms with van der Waals surface area (Å²) in [6, 6.07) is 0.676. The maximum atomic E-state index is 13.5. The first kappa shape index (κ1) is 13.9. The van der Waals surface area contributed by atoms with E-state index in [9.17, 15) is 31.9 Å². The lowest BCUT2D eigenvalue weighted by molar-refractivity contribution is 0.111. The van der Waals surface area contributed by atoms with E-state index in [4.69, 9.17) is 0 Å². The monoisotopic (exact) mass is 289 g/mol. The summed E-state index contributed by atoms with van der Waals surface area (Å²) in [5.41, 5.74) is -2.22. The molecule has 0 aliphatic rings. The number of aldehydes is 1. The van der Waals surface area contributed by atoms with Gasteiger partial charge in [0.15, 0.2) is 29.6 Å². The Kier molecular flexibility index (Phi) is 3.39. The van der Waals surface area contributed by atoms with Gasteiger partial charge in [0, 0.05) is 11.8 Å². The van der Waals surface area contributed by atoms with Gasteiger partial charge < -0.3 is 5.11 Å². The zero-order valence-electron chi connectivity index (χ0n) is 9.42. The lowest BCUT2D eigenvalue weighted by atomic mass is 10.0. The number of pyridine rings is 1. The van der Waals surface area contributed by atoms with Crippen LogP contribution in [0.15, 0.2) is 12.3 Å². The lowest BCUT2D eigenvalue weighted by Crippen LogP contribution is -2.04. The van der Waals surface area contributed by atoms with Gasteiger partial charge in [-0.05, 0) is 6.07 Å². The number of benzene rings is 1. The Hall–Kier alpha value is -2.51. The number of halogens is 5. The number of rotatable bonds is 2. The van der Waals surface area contributed by atoms with E-state index < -0.39 is 51.7 Å². The third-order valence-electron chi connectivity index (χ3n) is 2.51. The summed E-state index contributed by atoms with van der Waals surface area (Å²) in [4.78, 5) is 13.8. The van der Waals surface area contributed by atoms with Crippen molar-refractivity contribution in [2.45, 2.75) is 0 Å². The van der Waals surface area contributed by atoms with Crippen molar-refractivity contribution >= 4 is 6.29 Å². The summed E-state index contributed by atoms with van der Waals surface area (Å²) in [6.45, 7) is 0. The van der Waals surface area contributed by atoms with Crippen LogP contribution in [-0.2, 0) is 0 Å². The second-order valence-corrected chi connectivity index (χ2v) is 3.69. The summed E-state index contributed by atoms with van der Waals surface area (Å²) in [5, 5.41) is 9.33. The molecule has 3 nitrogen and oxygen atoms in total. The Labute approximate surface area is 108 Å². The molecular formula is C12H4F5NO2. The van der Waals surface area contributed by atoms with Crippen LogP contribution in [0.25, 0.3) is 11.1 Å². The quantitative estimate of drug-likeness (QED) is 0.400. The fraction of sp³-hybridized carbons (Fsp3) is 0. The molecule has 1 N–H and O–H groups in total. The molecule has 1 aromatic carbocycles. The van der Waals surface area contributed by atoms with E-state index in [2.05, 4.69) is 4.98 Å². The van der Waals surface area contributed by atoms with Gasteiger partial charge in [-0.25, -0.2) is 26.9 Å². The molecule has 1 heterocycles. The summed E-state index contributed by atoms with van der Waals surface area (Å²) in [5.74, 6) is -11.4. The van der Waals surface area contributed by atoms with Crippen LogP contribution < -0.4 is 0 Å². The Morgan fingerprint density at radius 3 is 1.90 bits per heavy atom. The minimum Gasteiger partial charge on any atom is -0.506 e. The number of hydrogen-bond acceptors (Lipinski definition) is 3. The van der Waals surface area contributed by atoms with Crippen LogP contribution in [0.3, 0.4) is 0 Å². The van der Waals surface area contributed by atoms with Crippen LogP contribution in [0.5, 0.6) is 5.75 Å². The van der Waals surface area contributed by atoms with Crippen molar-refractivity contribution in [3.63, 3.8) is 0 Å². The highest BCUT2D eigenvalue weighted by Crippen LogP contribution is 2.32. The topological polar surface area (TPSA) is 50.2 Å². The fourth-order valence-electron chi connectivity index (χ4n) is 1.55. The second kappa shape index (κ2) is 4.87. The minimum atomic E-state index is -2.29. The maximum absolute atomic E-state index is 13.5. The zero-order valence-corrected chi connectivity index (χ0v) is 9.42. The second-order valence-electron chi connectivity index (χ2n) is 3.69. The third-order valence-corrected chi connectivity index (χ3v) is 2.51.